The van der Waals surface area contributed by atoms with E-state index in [4.69, 9.17) is 10.8 Å². The van der Waals surface area contributed by atoms with Gasteiger partial charge in [-0.25, -0.2) is 4.79 Å². The zero-order valence-electron chi connectivity index (χ0n) is 11.7. The molecule has 0 aliphatic carbocycles. The van der Waals surface area contributed by atoms with Crippen LogP contribution in [0, 0.1) is 0 Å². The molecular weight excluding hydrogens is 228 g/mol. The Kier molecular flexibility index (Phi) is 3.60. The molecule has 4 heteroatoms. The Morgan fingerprint density at radius 2 is 1.61 bits per heavy atom. The number of amides is 1. The van der Waals surface area contributed by atoms with Crippen molar-refractivity contribution in [3.63, 3.8) is 0 Å². The van der Waals surface area contributed by atoms with Gasteiger partial charge in [0.1, 0.15) is 0 Å². The van der Waals surface area contributed by atoms with Crippen LogP contribution in [0.4, 0.5) is 10.5 Å². The van der Waals surface area contributed by atoms with E-state index in [9.17, 15) is 4.79 Å². The Morgan fingerprint density at radius 1 is 1.11 bits per heavy atom. The molecule has 4 nitrogen and oxygen atoms in total. The third kappa shape index (κ3) is 3.39. The van der Waals surface area contributed by atoms with Crippen molar-refractivity contribution >= 4 is 11.8 Å². The van der Waals surface area contributed by atoms with Crippen LogP contribution in [0.1, 0.15) is 45.7 Å². The summed E-state index contributed by atoms with van der Waals surface area (Å²) < 4.78 is 0. The lowest BCUT2D eigenvalue weighted by Gasteiger charge is -2.28. The number of hydrogen-bond acceptors (Lipinski definition) is 2. The highest BCUT2D eigenvalue weighted by Gasteiger charge is 2.25. The lowest BCUT2D eigenvalue weighted by molar-refractivity contribution is 0.182. The maximum Gasteiger partial charge on any atom is 0.405 e. The molecule has 18 heavy (non-hydrogen) atoms. The quantitative estimate of drug-likeness (QED) is 0.706. The number of nitrogen functional groups attached to an aromatic ring is 1. The van der Waals surface area contributed by atoms with Crippen LogP contribution in [0.3, 0.4) is 0 Å². The van der Waals surface area contributed by atoms with Crippen molar-refractivity contribution in [3.8, 4) is 0 Å². The number of benzene rings is 1. The van der Waals surface area contributed by atoms with Crippen LogP contribution < -0.4 is 11.1 Å². The molecule has 0 heterocycles. The lowest BCUT2D eigenvalue weighted by atomic mass is 9.83. The Labute approximate surface area is 108 Å². The number of hydrogen-bond donors (Lipinski definition) is 3. The first-order chi connectivity index (χ1) is 8.02. The van der Waals surface area contributed by atoms with E-state index in [2.05, 4.69) is 26.1 Å². The highest BCUT2D eigenvalue weighted by atomic mass is 16.4. The smallest absolute Gasteiger partial charge is 0.405 e. The molecular formula is C14H22N2O2. The van der Waals surface area contributed by atoms with Gasteiger partial charge in [0, 0.05) is 5.69 Å². The maximum absolute atomic E-state index is 10.8. The largest absolute Gasteiger partial charge is 0.465 e. The SMILES string of the molecule is CC(C)(C)c1cc(N)cc(C(C)(C)NC(=O)O)c1. The van der Waals surface area contributed by atoms with Crippen molar-refractivity contribution in [1.82, 2.24) is 5.32 Å². The van der Waals surface area contributed by atoms with Crippen molar-refractivity contribution in [3.05, 3.63) is 29.3 Å². The van der Waals surface area contributed by atoms with Crippen LogP contribution >= 0.6 is 0 Å². The zero-order valence-corrected chi connectivity index (χ0v) is 11.7. The minimum absolute atomic E-state index is 0.0244. The van der Waals surface area contributed by atoms with Crippen LogP contribution in [0.5, 0.6) is 0 Å². The summed E-state index contributed by atoms with van der Waals surface area (Å²) in [6, 6.07) is 5.75. The van der Waals surface area contributed by atoms with E-state index >= 15 is 0 Å². The fourth-order valence-electron chi connectivity index (χ4n) is 1.79. The monoisotopic (exact) mass is 250 g/mol. The van der Waals surface area contributed by atoms with Gasteiger partial charge < -0.3 is 16.2 Å². The average molecular weight is 250 g/mol. The number of nitrogens with two attached hydrogens (primary N) is 1. The summed E-state index contributed by atoms with van der Waals surface area (Å²) in [4.78, 5) is 10.8. The van der Waals surface area contributed by atoms with E-state index in [1.165, 1.54) is 0 Å². The Morgan fingerprint density at radius 3 is 2.06 bits per heavy atom. The van der Waals surface area contributed by atoms with Gasteiger partial charge >= 0.3 is 6.09 Å². The fraction of sp³-hybridized carbons (Fsp3) is 0.500. The van der Waals surface area contributed by atoms with Crippen molar-refractivity contribution in [1.29, 1.82) is 0 Å². The Hall–Kier alpha value is -1.71. The molecule has 0 bridgehead atoms. The standard InChI is InChI=1S/C14H22N2O2/c1-13(2,3)9-6-10(8-11(15)7-9)14(4,5)16-12(17)18/h6-8,16H,15H2,1-5H3,(H,17,18). The second kappa shape index (κ2) is 4.52. The van der Waals surface area contributed by atoms with Crippen LogP contribution in [0.2, 0.25) is 0 Å². The molecule has 0 saturated heterocycles. The second-order valence-electron chi connectivity index (χ2n) is 6.15. The molecule has 0 saturated carbocycles. The van der Waals surface area contributed by atoms with E-state index in [1.54, 1.807) is 0 Å². The van der Waals surface area contributed by atoms with E-state index < -0.39 is 11.6 Å². The first-order valence-corrected chi connectivity index (χ1v) is 5.95. The van der Waals surface area contributed by atoms with Gasteiger partial charge in [-0.15, -0.1) is 0 Å². The number of carboxylic acid groups (broad SMARTS) is 1. The minimum atomic E-state index is -1.04. The average Bonchev–Trinajstić information content (AvgIpc) is 2.13. The topological polar surface area (TPSA) is 75.3 Å². The van der Waals surface area contributed by atoms with Gasteiger partial charge in [-0.05, 0) is 42.5 Å². The molecule has 0 aliphatic heterocycles. The predicted octanol–water partition coefficient (Wildman–Crippen LogP) is 3.07. The Balaban J connectivity index is 3.25. The van der Waals surface area contributed by atoms with Gasteiger partial charge in [0.2, 0.25) is 0 Å². The summed E-state index contributed by atoms with van der Waals surface area (Å²) in [5, 5.41) is 11.4. The molecule has 0 aromatic heterocycles. The predicted molar refractivity (Wildman–Crippen MR) is 73.7 cm³/mol. The summed E-state index contributed by atoms with van der Waals surface area (Å²) in [5.41, 5.74) is 7.83. The van der Waals surface area contributed by atoms with Gasteiger partial charge in [0.25, 0.3) is 0 Å². The Bertz CT molecular complexity index is 459. The molecule has 1 rings (SSSR count). The van der Waals surface area contributed by atoms with E-state index in [0.29, 0.717) is 5.69 Å². The van der Waals surface area contributed by atoms with Crippen molar-refractivity contribution in [2.45, 2.75) is 45.6 Å². The molecule has 0 aliphatic rings. The van der Waals surface area contributed by atoms with E-state index in [1.807, 2.05) is 32.0 Å². The van der Waals surface area contributed by atoms with Gasteiger partial charge in [-0.1, -0.05) is 26.8 Å². The van der Waals surface area contributed by atoms with Gasteiger partial charge in [0.05, 0.1) is 5.54 Å². The van der Waals surface area contributed by atoms with Gasteiger partial charge in [-0.2, -0.15) is 0 Å². The third-order valence-corrected chi connectivity index (χ3v) is 2.96. The summed E-state index contributed by atoms with van der Waals surface area (Å²) in [6.07, 6.45) is -1.04. The molecule has 0 spiro atoms. The highest BCUT2D eigenvalue weighted by Crippen LogP contribution is 2.30. The summed E-state index contributed by atoms with van der Waals surface area (Å²) in [6.45, 7) is 9.94. The van der Waals surface area contributed by atoms with E-state index in [-0.39, 0.29) is 5.41 Å². The number of carbonyl (C=O) groups is 1. The van der Waals surface area contributed by atoms with E-state index in [0.717, 1.165) is 11.1 Å². The normalized spacial score (nSPS) is 12.3. The van der Waals surface area contributed by atoms with Crippen LogP contribution in [0.25, 0.3) is 0 Å². The molecule has 0 radical (unpaired) electrons. The van der Waals surface area contributed by atoms with Crippen LogP contribution in [-0.4, -0.2) is 11.2 Å². The molecule has 1 aromatic rings. The second-order valence-corrected chi connectivity index (χ2v) is 6.15. The maximum atomic E-state index is 10.8. The fourth-order valence-corrected chi connectivity index (χ4v) is 1.79. The minimum Gasteiger partial charge on any atom is -0.465 e. The van der Waals surface area contributed by atoms with Crippen molar-refractivity contribution < 1.29 is 9.90 Å². The summed E-state index contributed by atoms with van der Waals surface area (Å²) >= 11 is 0. The third-order valence-electron chi connectivity index (χ3n) is 2.96. The number of rotatable bonds is 2. The van der Waals surface area contributed by atoms with Gasteiger partial charge in [-0.3, -0.25) is 0 Å². The first kappa shape index (κ1) is 14.4. The molecule has 4 N–H and O–H groups in total. The highest BCUT2D eigenvalue weighted by molar-refractivity contribution is 5.66. The molecule has 0 atom stereocenters. The number of nitrogens with one attached hydrogen (secondary N) is 1. The van der Waals surface area contributed by atoms with Crippen LogP contribution in [-0.2, 0) is 11.0 Å². The van der Waals surface area contributed by atoms with Crippen molar-refractivity contribution in [2.75, 3.05) is 5.73 Å². The van der Waals surface area contributed by atoms with Gasteiger partial charge in [0.15, 0.2) is 0 Å². The molecule has 1 aromatic carbocycles. The lowest BCUT2D eigenvalue weighted by Crippen LogP contribution is -2.40. The zero-order chi connectivity index (χ0) is 14.1. The summed E-state index contributed by atoms with van der Waals surface area (Å²) in [7, 11) is 0. The van der Waals surface area contributed by atoms with Crippen molar-refractivity contribution in [2.24, 2.45) is 0 Å². The summed E-state index contributed by atoms with van der Waals surface area (Å²) in [5.74, 6) is 0. The molecule has 1 amide bonds. The first-order valence-electron chi connectivity index (χ1n) is 5.95. The van der Waals surface area contributed by atoms with Crippen LogP contribution in [0.15, 0.2) is 18.2 Å². The molecule has 100 valence electrons. The number of anilines is 1. The molecule has 0 unspecified atom stereocenters. The molecule has 0 fully saturated rings.